The highest BCUT2D eigenvalue weighted by Crippen LogP contribution is 2.37. The molecular weight excluding hydrogens is 376 g/mol. The Hall–Kier alpha value is -3.10. The monoisotopic (exact) mass is 402 g/mol. The van der Waals surface area contributed by atoms with Gasteiger partial charge in [0.25, 0.3) is 5.91 Å². The first kappa shape index (κ1) is 20.6. The van der Waals surface area contributed by atoms with E-state index >= 15 is 0 Å². The number of fused-ring (bicyclic) bond motifs is 3. The number of benzene rings is 1. The van der Waals surface area contributed by atoms with Crippen LogP contribution in [0.3, 0.4) is 0 Å². The maximum atomic E-state index is 12.4. The van der Waals surface area contributed by atoms with E-state index in [0.29, 0.717) is 5.69 Å². The van der Waals surface area contributed by atoms with E-state index in [1.54, 1.807) is 39.0 Å². The molecule has 0 aromatic heterocycles. The number of imide groups is 1. The summed E-state index contributed by atoms with van der Waals surface area (Å²) in [5.41, 5.74) is 1.12. The van der Waals surface area contributed by atoms with Crippen molar-refractivity contribution in [3.63, 3.8) is 0 Å². The number of carbonyl (C=O) groups excluding carboxylic acids is 4. The van der Waals surface area contributed by atoms with E-state index in [1.807, 2.05) is 4.90 Å². The van der Waals surface area contributed by atoms with Crippen molar-refractivity contribution >= 4 is 35.2 Å². The van der Waals surface area contributed by atoms with Crippen LogP contribution in [0, 0.1) is 0 Å². The first-order valence-corrected chi connectivity index (χ1v) is 9.61. The summed E-state index contributed by atoms with van der Waals surface area (Å²) in [5, 5.41) is 7.56. The lowest BCUT2D eigenvalue weighted by Crippen LogP contribution is -2.50. The highest BCUT2D eigenvalue weighted by molar-refractivity contribution is 6.06. The zero-order valence-electron chi connectivity index (χ0n) is 17.0. The predicted molar refractivity (Wildman–Crippen MR) is 107 cm³/mol. The molecule has 0 unspecified atom stereocenters. The minimum absolute atomic E-state index is 0.0851. The van der Waals surface area contributed by atoms with Gasteiger partial charge in [0.1, 0.15) is 6.04 Å². The third-order valence-electron chi connectivity index (χ3n) is 4.73. The molecule has 0 aliphatic carbocycles. The lowest BCUT2D eigenvalue weighted by Gasteiger charge is -2.33. The van der Waals surface area contributed by atoms with Crippen LogP contribution in [-0.2, 0) is 14.3 Å². The van der Waals surface area contributed by atoms with E-state index in [0.717, 1.165) is 25.1 Å². The largest absolute Gasteiger partial charge is 0.449 e. The molecule has 3 rings (SSSR count). The smallest absolute Gasteiger partial charge is 0.338 e. The number of carbonyl (C=O) groups is 4. The van der Waals surface area contributed by atoms with Gasteiger partial charge in [-0.1, -0.05) is 0 Å². The molecule has 2 heterocycles. The molecule has 0 bridgehead atoms. The van der Waals surface area contributed by atoms with Gasteiger partial charge in [-0.05, 0) is 58.7 Å². The number of hydrogen-bond donors (Lipinski definition) is 3. The molecule has 2 aliphatic rings. The van der Waals surface area contributed by atoms with Gasteiger partial charge in [-0.25, -0.2) is 9.59 Å². The molecule has 0 saturated carbocycles. The predicted octanol–water partition coefficient (Wildman–Crippen LogP) is 1.78. The van der Waals surface area contributed by atoms with Crippen LogP contribution in [0.1, 0.15) is 50.9 Å². The van der Waals surface area contributed by atoms with Gasteiger partial charge in [0.2, 0.25) is 5.91 Å². The fourth-order valence-electron chi connectivity index (χ4n) is 3.42. The van der Waals surface area contributed by atoms with Crippen LogP contribution in [-0.4, -0.2) is 48.0 Å². The molecule has 156 valence electrons. The van der Waals surface area contributed by atoms with Gasteiger partial charge in [-0.15, -0.1) is 0 Å². The Morgan fingerprint density at radius 3 is 2.69 bits per heavy atom. The summed E-state index contributed by atoms with van der Waals surface area (Å²) in [6, 6.07) is 4.09. The fourth-order valence-corrected chi connectivity index (χ4v) is 3.42. The molecule has 1 aromatic rings. The lowest BCUT2D eigenvalue weighted by molar-refractivity contribution is -0.128. The summed E-state index contributed by atoms with van der Waals surface area (Å²) in [5.74, 6) is -1.53. The van der Waals surface area contributed by atoms with E-state index in [1.165, 1.54) is 6.92 Å². The van der Waals surface area contributed by atoms with Gasteiger partial charge in [0, 0.05) is 12.1 Å². The molecule has 29 heavy (non-hydrogen) atoms. The Kier molecular flexibility index (Phi) is 5.50. The van der Waals surface area contributed by atoms with Gasteiger partial charge in [0.05, 0.1) is 16.9 Å². The summed E-state index contributed by atoms with van der Waals surface area (Å²) in [4.78, 5) is 50.6. The SMILES string of the molecule is C[C@H](OC(=O)c1ccc2c(c1)NC(=O)[C@H]1CCCN21)C(=O)NC(=O)NC(C)(C)C. The van der Waals surface area contributed by atoms with Crippen LogP contribution in [0.2, 0.25) is 0 Å². The minimum atomic E-state index is -1.16. The van der Waals surface area contributed by atoms with E-state index in [4.69, 9.17) is 4.74 Å². The number of nitrogens with zero attached hydrogens (tertiary/aromatic N) is 1. The van der Waals surface area contributed by atoms with Gasteiger partial charge in [0.15, 0.2) is 6.10 Å². The summed E-state index contributed by atoms with van der Waals surface area (Å²) in [6.45, 7) is 7.51. The topological polar surface area (TPSA) is 117 Å². The first-order chi connectivity index (χ1) is 13.5. The third kappa shape index (κ3) is 4.67. The Morgan fingerprint density at radius 1 is 1.28 bits per heavy atom. The number of ether oxygens (including phenoxy) is 1. The maximum absolute atomic E-state index is 12.4. The van der Waals surface area contributed by atoms with Gasteiger partial charge in [-0.2, -0.15) is 0 Å². The van der Waals surface area contributed by atoms with Crippen molar-refractivity contribution in [1.82, 2.24) is 10.6 Å². The summed E-state index contributed by atoms with van der Waals surface area (Å²) < 4.78 is 5.18. The molecule has 1 saturated heterocycles. The number of rotatable bonds is 3. The Morgan fingerprint density at radius 2 is 2.00 bits per heavy atom. The van der Waals surface area contributed by atoms with Crippen LogP contribution in [0.4, 0.5) is 16.2 Å². The summed E-state index contributed by atoms with van der Waals surface area (Å²) in [7, 11) is 0. The molecule has 4 amide bonds. The van der Waals surface area contributed by atoms with E-state index < -0.39 is 29.6 Å². The van der Waals surface area contributed by atoms with Crippen LogP contribution in [0.25, 0.3) is 0 Å². The normalized spacial score (nSPS) is 18.8. The molecule has 1 aromatic carbocycles. The highest BCUT2D eigenvalue weighted by atomic mass is 16.5. The van der Waals surface area contributed by atoms with Crippen molar-refractivity contribution in [2.24, 2.45) is 0 Å². The van der Waals surface area contributed by atoms with E-state index in [9.17, 15) is 19.2 Å². The Labute approximate surface area is 169 Å². The van der Waals surface area contributed by atoms with Crippen LogP contribution >= 0.6 is 0 Å². The van der Waals surface area contributed by atoms with Crippen LogP contribution in [0.5, 0.6) is 0 Å². The van der Waals surface area contributed by atoms with E-state index in [-0.39, 0.29) is 17.5 Å². The molecule has 0 spiro atoms. The van der Waals surface area contributed by atoms with Crippen molar-refractivity contribution in [3.8, 4) is 0 Å². The highest BCUT2D eigenvalue weighted by Gasteiger charge is 2.36. The molecule has 0 radical (unpaired) electrons. The van der Waals surface area contributed by atoms with Crippen LogP contribution in [0.15, 0.2) is 18.2 Å². The number of nitrogens with one attached hydrogen (secondary N) is 3. The van der Waals surface area contributed by atoms with E-state index in [2.05, 4.69) is 16.0 Å². The Bertz CT molecular complexity index is 861. The van der Waals surface area contributed by atoms with Gasteiger partial charge >= 0.3 is 12.0 Å². The summed E-state index contributed by atoms with van der Waals surface area (Å²) in [6.07, 6.45) is 0.586. The second-order valence-electron chi connectivity index (χ2n) is 8.31. The molecular formula is C20H26N4O5. The average Bonchev–Trinajstić information content (AvgIpc) is 3.10. The quantitative estimate of drug-likeness (QED) is 0.664. The molecule has 2 aliphatic heterocycles. The van der Waals surface area contributed by atoms with Crippen LogP contribution < -0.4 is 20.9 Å². The van der Waals surface area contributed by atoms with Gasteiger partial charge in [-0.3, -0.25) is 14.9 Å². The minimum Gasteiger partial charge on any atom is -0.449 e. The number of anilines is 2. The number of esters is 1. The number of amides is 4. The third-order valence-corrected chi connectivity index (χ3v) is 4.73. The molecule has 2 atom stereocenters. The zero-order valence-corrected chi connectivity index (χ0v) is 17.0. The number of hydrogen-bond acceptors (Lipinski definition) is 6. The standard InChI is InChI=1S/C20H26N4O5/c1-11(16(25)22-19(28)23-20(2,3)4)29-18(27)12-7-8-14-13(10-12)21-17(26)15-6-5-9-24(14)15/h7-8,10-11,15H,5-6,9H2,1-4H3,(H,21,26)(H2,22,23,25,28)/t11-,15+/m0/s1. The average molecular weight is 402 g/mol. The van der Waals surface area contributed by atoms with Crippen molar-refractivity contribution in [1.29, 1.82) is 0 Å². The summed E-state index contributed by atoms with van der Waals surface area (Å²) >= 11 is 0. The lowest BCUT2D eigenvalue weighted by atomic mass is 10.1. The fraction of sp³-hybridized carbons (Fsp3) is 0.500. The number of urea groups is 1. The molecule has 3 N–H and O–H groups in total. The second kappa shape index (κ2) is 7.73. The molecule has 1 fully saturated rings. The Balaban J connectivity index is 1.64. The van der Waals surface area contributed by atoms with Gasteiger partial charge < -0.3 is 20.3 Å². The van der Waals surface area contributed by atoms with Crippen molar-refractivity contribution in [2.75, 3.05) is 16.8 Å². The molecule has 9 nitrogen and oxygen atoms in total. The van der Waals surface area contributed by atoms with Crippen molar-refractivity contribution in [2.45, 2.75) is 58.2 Å². The maximum Gasteiger partial charge on any atom is 0.338 e. The zero-order chi connectivity index (χ0) is 21.3. The second-order valence-corrected chi connectivity index (χ2v) is 8.31. The van der Waals surface area contributed by atoms with Crippen molar-refractivity contribution < 1.29 is 23.9 Å². The first-order valence-electron chi connectivity index (χ1n) is 9.61. The van der Waals surface area contributed by atoms with Crippen molar-refractivity contribution in [3.05, 3.63) is 23.8 Å². The molecule has 9 heteroatoms.